The Kier molecular flexibility index (Phi) is 14.3. The van der Waals surface area contributed by atoms with Gasteiger partial charge in [-0.25, -0.2) is 37.1 Å². The van der Waals surface area contributed by atoms with Gasteiger partial charge >= 0.3 is 11.1 Å². The van der Waals surface area contributed by atoms with E-state index in [1.165, 1.54) is 4.90 Å². The maximum Gasteiger partial charge on any atom is 0.380 e. The van der Waals surface area contributed by atoms with Crippen molar-refractivity contribution in [2.75, 3.05) is 11.9 Å². The summed E-state index contributed by atoms with van der Waals surface area (Å²) in [5, 5.41) is 19.5. The standard InChI is InChI=1S/C18H18N4O3S2.C13H11NO2.C5H7N3O2S2/c1-12-17(27(19,24)25)26-18(21-12)22(2)16(23)11-13-6-8-14(9-7-13)15-5-3-4-10-20-15;15-13(16)9-10-4-6-11(7-5-10)12-3-1-2-8-14-12;1-3-4(12(6,9)10)11-5(7-2)8-3/h3-10H,11H2,1-2H3,(H2,19,24,25);1-8H,9H2,(H,15,16);2H2,1H3,(H2,6,9,10)/p+1. The van der Waals surface area contributed by atoms with Crippen molar-refractivity contribution in [2.24, 2.45) is 10.3 Å². The molecule has 6 aromatic rings. The number of hydrogen-bond acceptors (Lipinski definition) is 12. The topological polar surface area (TPSA) is 243 Å². The van der Waals surface area contributed by atoms with Crippen LogP contribution < -0.4 is 20.2 Å². The van der Waals surface area contributed by atoms with Crippen LogP contribution in [0.25, 0.3) is 22.5 Å². The van der Waals surface area contributed by atoms with Gasteiger partial charge in [-0.05, 0) is 58.6 Å². The molecule has 0 fully saturated rings. The van der Waals surface area contributed by atoms with Crippen LogP contribution in [0.15, 0.2) is 106 Å². The SMILES string of the molecule is C=[NH+]c1nc(C)c(S(N)(=O)=O)s1.Cc1nc(N(C)C(=O)Cc2ccc(-c3ccccn3)cc2)sc1S(N)(=O)=O.O=C(O)Cc1ccc(-c2ccccn2)cc1. The number of rotatable bonds is 10. The highest BCUT2D eigenvalue weighted by Gasteiger charge is 2.23. The number of aryl methyl sites for hydroxylation is 2. The highest BCUT2D eigenvalue weighted by molar-refractivity contribution is 7.91. The average molecular weight is 822 g/mol. The molecule has 0 saturated carbocycles. The second-order valence-corrected chi connectivity index (χ2v) is 17.0. The van der Waals surface area contributed by atoms with E-state index in [1.54, 1.807) is 33.3 Å². The van der Waals surface area contributed by atoms with Gasteiger partial charge in [0.25, 0.3) is 10.0 Å². The minimum Gasteiger partial charge on any atom is -0.481 e. The number of benzene rings is 2. The quantitative estimate of drug-likeness (QED) is 0.146. The lowest BCUT2D eigenvalue weighted by molar-refractivity contribution is -0.341. The second-order valence-electron chi connectivity index (χ2n) is 11.6. The largest absolute Gasteiger partial charge is 0.481 e. The second kappa shape index (κ2) is 18.7. The lowest BCUT2D eigenvalue weighted by Crippen LogP contribution is -2.57. The van der Waals surface area contributed by atoms with E-state index in [-0.39, 0.29) is 32.9 Å². The van der Waals surface area contributed by atoms with Gasteiger partial charge in [0.1, 0.15) is 0 Å². The number of carboxylic acids is 1. The Balaban J connectivity index is 0.000000203. The Morgan fingerprint density at radius 3 is 1.55 bits per heavy atom. The lowest BCUT2D eigenvalue weighted by atomic mass is 10.1. The van der Waals surface area contributed by atoms with E-state index in [9.17, 15) is 26.4 Å². The number of hydrogen-bond donors (Lipinski definition) is 4. The molecule has 55 heavy (non-hydrogen) atoms. The van der Waals surface area contributed by atoms with Crippen molar-refractivity contribution >= 4 is 71.6 Å². The molecule has 0 bridgehead atoms. The van der Waals surface area contributed by atoms with E-state index in [0.717, 1.165) is 56.3 Å². The van der Waals surface area contributed by atoms with Crippen molar-refractivity contribution in [3.05, 3.63) is 120 Å². The van der Waals surface area contributed by atoms with Gasteiger partial charge in [0.05, 0.1) is 36.6 Å². The maximum atomic E-state index is 12.5. The molecule has 0 spiro atoms. The minimum atomic E-state index is -3.85. The van der Waals surface area contributed by atoms with Crippen LogP contribution in [0.5, 0.6) is 0 Å². The number of aromatic nitrogens is 4. The molecule has 2 aromatic carbocycles. The van der Waals surface area contributed by atoms with Crippen molar-refractivity contribution in [3.63, 3.8) is 0 Å². The number of pyridine rings is 2. The number of sulfonamides is 2. The van der Waals surface area contributed by atoms with E-state index >= 15 is 0 Å². The van der Waals surface area contributed by atoms with Gasteiger partial charge in [-0.15, -0.1) is 0 Å². The van der Waals surface area contributed by atoms with Gasteiger partial charge in [-0.1, -0.05) is 72.0 Å². The summed E-state index contributed by atoms with van der Waals surface area (Å²) in [6, 6.07) is 26.4. The van der Waals surface area contributed by atoms with Gasteiger partial charge in [-0.3, -0.25) is 24.5 Å². The zero-order valence-corrected chi connectivity index (χ0v) is 33.0. The number of nitrogens with one attached hydrogen (secondary N) is 1. The van der Waals surface area contributed by atoms with Crippen LogP contribution in [0.2, 0.25) is 0 Å². The predicted octanol–water partition coefficient (Wildman–Crippen LogP) is 3.25. The zero-order valence-electron chi connectivity index (χ0n) is 29.8. The Morgan fingerprint density at radius 2 is 1.18 bits per heavy atom. The van der Waals surface area contributed by atoms with E-state index in [4.69, 9.17) is 15.4 Å². The molecule has 19 heteroatoms. The summed E-state index contributed by atoms with van der Waals surface area (Å²) in [6.45, 7) is 6.49. The third kappa shape index (κ3) is 12.2. The number of aliphatic carboxylic acids is 1. The van der Waals surface area contributed by atoms with Crippen LogP contribution in [-0.2, 0) is 42.5 Å². The Labute approximate surface area is 326 Å². The summed E-state index contributed by atoms with van der Waals surface area (Å²) in [7, 11) is -5.92. The van der Waals surface area contributed by atoms with Crippen LogP contribution in [-0.4, -0.2) is 67.5 Å². The van der Waals surface area contributed by atoms with Gasteiger partial charge in [-0.2, -0.15) is 0 Å². The first-order valence-corrected chi connectivity index (χ1v) is 20.7. The van der Waals surface area contributed by atoms with Crippen LogP contribution in [0.4, 0.5) is 10.3 Å². The van der Waals surface area contributed by atoms with Crippen LogP contribution >= 0.6 is 22.7 Å². The number of carbonyl (C=O) groups is 2. The van der Waals surface area contributed by atoms with Crippen molar-refractivity contribution in [1.82, 2.24) is 19.9 Å². The molecule has 6 N–H and O–H groups in total. The molecule has 0 aliphatic heterocycles. The number of primary sulfonamides is 2. The highest BCUT2D eigenvalue weighted by atomic mass is 32.3. The van der Waals surface area contributed by atoms with Gasteiger partial charge in [0.2, 0.25) is 15.9 Å². The fourth-order valence-corrected chi connectivity index (χ4v) is 8.44. The average Bonchev–Trinajstić information content (AvgIpc) is 3.75. The maximum absolute atomic E-state index is 12.5. The number of likely N-dealkylation sites (N-methyl/N-ethyl adjacent to an activating group) is 1. The van der Waals surface area contributed by atoms with Gasteiger partial charge in [0, 0.05) is 37.5 Å². The molecule has 286 valence electrons. The van der Waals surface area contributed by atoms with E-state index < -0.39 is 26.0 Å². The minimum absolute atomic E-state index is 0.0307. The van der Waals surface area contributed by atoms with Crippen LogP contribution in [0.1, 0.15) is 22.5 Å². The Bertz CT molecular complexity index is 2480. The molecule has 0 radical (unpaired) electrons. The third-order valence-corrected chi connectivity index (χ3v) is 12.8. The molecule has 0 aliphatic carbocycles. The summed E-state index contributed by atoms with van der Waals surface area (Å²) in [4.78, 5) is 43.4. The molecule has 15 nitrogen and oxygen atoms in total. The summed E-state index contributed by atoms with van der Waals surface area (Å²) in [5.41, 5.74) is 6.04. The van der Waals surface area contributed by atoms with E-state index in [1.807, 2.05) is 84.9 Å². The molecule has 0 atom stereocenters. The fourth-order valence-electron chi connectivity index (χ4n) is 4.73. The molecular weight excluding hydrogens is 785 g/mol. The Morgan fingerprint density at radius 1 is 0.727 bits per heavy atom. The zero-order chi connectivity index (χ0) is 40.3. The number of carbonyl (C=O) groups excluding carboxylic acids is 1. The first-order chi connectivity index (χ1) is 26.0. The van der Waals surface area contributed by atoms with Crippen molar-refractivity contribution in [3.8, 4) is 22.5 Å². The molecule has 0 saturated heterocycles. The molecule has 0 aliphatic rings. The highest BCUT2D eigenvalue weighted by Crippen LogP contribution is 2.29. The number of anilines is 1. The van der Waals surface area contributed by atoms with Crippen molar-refractivity contribution < 1.29 is 36.5 Å². The third-order valence-electron chi connectivity index (χ3n) is 7.37. The van der Waals surface area contributed by atoms with Crippen LogP contribution in [0.3, 0.4) is 0 Å². The van der Waals surface area contributed by atoms with Crippen molar-refractivity contribution in [2.45, 2.75) is 35.1 Å². The van der Waals surface area contributed by atoms with Gasteiger partial charge < -0.3 is 5.11 Å². The smallest absolute Gasteiger partial charge is 0.380 e. The number of amides is 1. The fraction of sp³-hybridized carbons (Fsp3) is 0.139. The number of thiazole rings is 2. The molecule has 4 heterocycles. The first kappa shape index (κ1) is 42.2. The monoisotopic (exact) mass is 821 g/mol. The summed E-state index contributed by atoms with van der Waals surface area (Å²) >= 11 is 1.85. The summed E-state index contributed by atoms with van der Waals surface area (Å²) in [6.07, 6.45) is 3.69. The normalized spacial score (nSPS) is 11.0. The lowest BCUT2D eigenvalue weighted by Gasteiger charge is -2.13. The molecule has 4 aromatic heterocycles. The molecule has 6 rings (SSSR count). The summed E-state index contributed by atoms with van der Waals surface area (Å²) < 4.78 is 44.9. The predicted molar refractivity (Wildman–Crippen MR) is 212 cm³/mol. The van der Waals surface area contributed by atoms with E-state index in [0.29, 0.717) is 16.0 Å². The van der Waals surface area contributed by atoms with E-state index in [2.05, 4.69) is 31.6 Å². The number of nitrogens with zero attached hydrogens (tertiary/aromatic N) is 5. The first-order valence-electron chi connectivity index (χ1n) is 16.0. The van der Waals surface area contributed by atoms with Crippen molar-refractivity contribution in [1.29, 1.82) is 0 Å². The molecular formula is C36H37N8O7S4+. The van der Waals surface area contributed by atoms with Crippen LogP contribution in [0, 0.1) is 13.8 Å². The molecule has 1 amide bonds. The summed E-state index contributed by atoms with van der Waals surface area (Å²) in [5.74, 6) is -1.01. The molecule has 0 unspecified atom stereocenters. The van der Waals surface area contributed by atoms with Gasteiger partial charge in [0.15, 0.2) is 19.2 Å². The number of carboxylic acid groups (broad SMARTS) is 1. The number of nitrogens with two attached hydrogens (primary N) is 2. The Hall–Kier alpha value is -5.57.